The van der Waals surface area contributed by atoms with Crippen LogP contribution in [0.3, 0.4) is 0 Å². The summed E-state index contributed by atoms with van der Waals surface area (Å²) in [5.41, 5.74) is 5.20. The van der Waals surface area contributed by atoms with E-state index in [4.69, 9.17) is 17.3 Å². The summed E-state index contributed by atoms with van der Waals surface area (Å²) in [7, 11) is 0. The Hall–Kier alpha value is -1.76. The molecule has 0 amide bonds. The van der Waals surface area contributed by atoms with E-state index in [1.807, 2.05) is 0 Å². The van der Waals surface area contributed by atoms with E-state index in [9.17, 15) is 13.2 Å². The maximum Gasteiger partial charge on any atom is 0.417 e. The highest BCUT2D eigenvalue weighted by atomic mass is 35.5. The van der Waals surface area contributed by atoms with Gasteiger partial charge < -0.3 is 5.73 Å². The van der Waals surface area contributed by atoms with Crippen LogP contribution in [0.2, 0.25) is 5.02 Å². The molecular weight excluding hydrogens is 269 g/mol. The van der Waals surface area contributed by atoms with Crippen LogP contribution in [0.15, 0.2) is 18.3 Å². The van der Waals surface area contributed by atoms with Crippen LogP contribution in [0.5, 0.6) is 0 Å². The van der Waals surface area contributed by atoms with Crippen molar-refractivity contribution < 1.29 is 13.2 Å². The molecule has 2 aromatic heterocycles. The van der Waals surface area contributed by atoms with Crippen molar-refractivity contribution in [2.45, 2.75) is 13.1 Å². The van der Waals surface area contributed by atoms with Crippen molar-refractivity contribution in [3.05, 3.63) is 34.6 Å². The molecule has 0 spiro atoms. The molecule has 0 saturated carbocycles. The Labute approximate surface area is 105 Å². The topological polar surface area (TPSA) is 56.7 Å². The maximum atomic E-state index is 12.4. The fourth-order valence-corrected chi connectivity index (χ4v) is 1.70. The van der Waals surface area contributed by atoms with Gasteiger partial charge in [0.05, 0.1) is 10.6 Å². The van der Waals surface area contributed by atoms with E-state index in [0.29, 0.717) is 11.9 Å². The third-order valence-electron chi connectivity index (χ3n) is 2.26. The Balaban J connectivity index is 2.51. The van der Waals surface area contributed by atoms with Gasteiger partial charge in [-0.1, -0.05) is 11.6 Å². The number of aromatic nitrogens is 3. The average Bonchev–Trinajstić information content (AvgIpc) is 2.56. The number of anilines is 1. The van der Waals surface area contributed by atoms with Gasteiger partial charge in [0.1, 0.15) is 5.82 Å². The molecule has 2 N–H and O–H groups in total. The number of pyridine rings is 1. The Morgan fingerprint density at radius 1 is 1.33 bits per heavy atom. The molecule has 2 aromatic rings. The fraction of sp³-hybridized carbons (Fsp3) is 0.200. The first-order valence-electron chi connectivity index (χ1n) is 4.84. The molecule has 8 heteroatoms. The molecule has 4 nitrogen and oxygen atoms in total. The number of alkyl halides is 3. The van der Waals surface area contributed by atoms with Crippen molar-refractivity contribution in [3.8, 4) is 5.82 Å². The molecule has 96 valence electrons. The van der Waals surface area contributed by atoms with Gasteiger partial charge in [0.25, 0.3) is 0 Å². The first-order valence-corrected chi connectivity index (χ1v) is 5.22. The van der Waals surface area contributed by atoms with Crippen molar-refractivity contribution in [1.82, 2.24) is 14.8 Å². The number of rotatable bonds is 1. The molecule has 0 aliphatic heterocycles. The van der Waals surface area contributed by atoms with Crippen molar-refractivity contribution >= 4 is 17.4 Å². The summed E-state index contributed by atoms with van der Waals surface area (Å²) in [5.74, 6) is 0.351. The summed E-state index contributed by atoms with van der Waals surface area (Å²) in [6, 6.07) is 2.37. The Bertz CT molecular complexity index is 591. The van der Waals surface area contributed by atoms with E-state index in [-0.39, 0.29) is 16.7 Å². The van der Waals surface area contributed by atoms with E-state index in [2.05, 4.69) is 10.1 Å². The molecule has 0 fully saturated rings. The molecule has 0 unspecified atom stereocenters. The van der Waals surface area contributed by atoms with E-state index in [0.717, 1.165) is 6.07 Å². The van der Waals surface area contributed by atoms with Crippen LogP contribution in [0.1, 0.15) is 11.3 Å². The third-order valence-corrected chi connectivity index (χ3v) is 2.53. The largest absolute Gasteiger partial charge is 0.417 e. The second-order valence-electron chi connectivity index (χ2n) is 3.65. The Morgan fingerprint density at radius 3 is 2.44 bits per heavy atom. The normalized spacial score (nSPS) is 11.8. The number of aryl methyl sites for hydroxylation is 1. The number of hydrogen-bond donors (Lipinski definition) is 1. The van der Waals surface area contributed by atoms with Crippen LogP contribution < -0.4 is 5.73 Å². The predicted molar refractivity (Wildman–Crippen MR) is 60.5 cm³/mol. The summed E-state index contributed by atoms with van der Waals surface area (Å²) in [6.07, 6.45) is -3.77. The van der Waals surface area contributed by atoms with Gasteiger partial charge in [0.15, 0.2) is 5.82 Å². The highest BCUT2D eigenvalue weighted by molar-refractivity contribution is 6.32. The van der Waals surface area contributed by atoms with Gasteiger partial charge in [-0.15, -0.1) is 5.10 Å². The monoisotopic (exact) mass is 276 g/mol. The second kappa shape index (κ2) is 4.16. The number of halogens is 4. The molecular formula is C10H8ClF3N4. The second-order valence-corrected chi connectivity index (χ2v) is 4.06. The van der Waals surface area contributed by atoms with E-state index < -0.39 is 11.7 Å². The zero-order valence-corrected chi connectivity index (χ0v) is 9.92. The lowest BCUT2D eigenvalue weighted by Gasteiger charge is -2.09. The van der Waals surface area contributed by atoms with Crippen LogP contribution in [0.4, 0.5) is 19.0 Å². The average molecular weight is 277 g/mol. The first kappa shape index (κ1) is 12.7. The van der Waals surface area contributed by atoms with E-state index in [1.165, 1.54) is 4.68 Å². The molecule has 0 bridgehead atoms. The molecule has 0 saturated heterocycles. The van der Waals surface area contributed by atoms with Crippen molar-refractivity contribution in [3.63, 3.8) is 0 Å². The van der Waals surface area contributed by atoms with Crippen LogP contribution >= 0.6 is 11.6 Å². The highest BCUT2D eigenvalue weighted by Crippen LogP contribution is 2.32. The number of nitrogens with zero attached hydrogens (tertiary/aromatic N) is 3. The van der Waals surface area contributed by atoms with Gasteiger partial charge in [-0.2, -0.15) is 13.2 Å². The van der Waals surface area contributed by atoms with Gasteiger partial charge in [-0.25, -0.2) is 9.67 Å². The standard InChI is InChI=1S/C10H8ClF3N4/c1-5-2-8(15)17-18(5)9-7(11)3-6(4-16-9)10(12,13)14/h2-4H,1H3,(H2,15,17). The summed E-state index contributed by atoms with van der Waals surface area (Å²) in [5, 5.41) is 3.76. The molecule has 2 rings (SSSR count). The summed E-state index contributed by atoms with van der Waals surface area (Å²) >= 11 is 5.79. The molecule has 0 aliphatic rings. The Kier molecular flexibility index (Phi) is 2.94. The number of nitrogens with two attached hydrogens (primary N) is 1. The number of nitrogen functional groups attached to an aromatic ring is 1. The lowest BCUT2D eigenvalue weighted by atomic mass is 10.3. The quantitative estimate of drug-likeness (QED) is 0.871. The van der Waals surface area contributed by atoms with E-state index in [1.54, 1.807) is 13.0 Å². The fourth-order valence-electron chi connectivity index (χ4n) is 1.45. The molecule has 0 atom stereocenters. The van der Waals surface area contributed by atoms with Crippen LogP contribution in [0.25, 0.3) is 5.82 Å². The minimum atomic E-state index is -4.48. The van der Waals surface area contributed by atoms with Crippen LogP contribution in [0, 0.1) is 6.92 Å². The van der Waals surface area contributed by atoms with Gasteiger partial charge in [-0.05, 0) is 13.0 Å². The zero-order chi connectivity index (χ0) is 13.5. The summed E-state index contributed by atoms with van der Waals surface area (Å²) < 4.78 is 38.6. The van der Waals surface area contributed by atoms with E-state index >= 15 is 0 Å². The summed E-state index contributed by atoms with van der Waals surface area (Å²) in [6.45, 7) is 1.69. The first-order chi connectivity index (χ1) is 8.29. The van der Waals surface area contributed by atoms with Crippen molar-refractivity contribution in [2.24, 2.45) is 0 Å². The van der Waals surface area contributed by atoms with Crippen molar-refractivity contribution in [2.75, 3.05) is 5.73 Å². The zero-order valence-electron chi connectivity index (χ0n) is 9.16. The predicted octanol–water partition coefficient (Wildman–Crippen LogP) is 2.83. The summed E-state index contributed by atoms with van der Waals surface area (Å²) in [4.78, 5) is 3.68. The molecule has 18 heavy (non-hydrogen) atoms. The maximum absolute atomic E-state index is 12.4. The van der Waals surface area contributed by atoms with Gasteiger partial charge in [-0.3, -0.25) is 0 Å². The third kappa shape index (κ3) is 2.26. The van der Waals surface area contributed by atoms with Crippen LogP contribution in [-0.2, 0) is 6.18 Å². The van der Waals surface area contributed by atoms with Gasteiger partial charge in [0.2, 0.25) is 0 Å². The molecule has 0 aromatic carbocycles. The van der Waals surface area contributed by atoms with Crippen molar-refractivity contribution in [1.29, 1.82) is 0 Å². The lowest BCUT2D eigenvalue weighted by molar-refractivity contribution is -0.137. The number of hydrogen-bond acceptors (Lipinski definition) is 3. The molecule has 0 radical (unpaired) electrons. The minimum Gasteiger partial charge on any atom is -0.382 e. The van der Waals surface area contributed by atoms with Gasteiger partial charge in [0, 0.05) is 18.0 Å². The molecule has 2 heterocycles. The Morgan fingerprint density at radius 2 is 2.00 bits per heavy atom. The molecule has 0 aliphatic carbocycles. The SMILES string of the molecule is Cc1cc(N)nn1-c1ncc(C(F)(F)F)cc1Cl. The van der Waals surface area contributed by atoms with Crippen LogP contribution in [-0.4, -0.2) is 14.8 Å². The lowest BCUT2D eigenvalue weighted by Crippen LogP contribution is -2.09. The minimum absolute atomic E-state index is 0.110. The highest BCUT2D eigenvalue weighted by Gasteiger charge is 2.31. The van der Waals surface area contributed by atoms with Gasteiger partial charge >= 0.3 is 6.18 Å². The smallest absolute Gasteiger partial charge is 0.382 e.